The average molecular weight is 366 g/mol. The SMILES string of the molecule is Cc1cc(Br)cc2[nH]c(C(C)Oc3cccc(Cl)c3)nc12. The van der Waals surface area contributed by atoms with Crippen molar-refractivity contribution in [2.45, 2.75) is 20.0 Å². The van der Waals surface area contributed by atoms with Gasteiger partial charge in [-0.3, -0.25) is 0 Å². The van der Waals surface area contributed by atoms with E-state index in [1.165, 1.54) is 0 Å². The van der Waals surface area contributed by atoms with Crippen LogP contribution in [0.1, 0.15) is 24.4 Å². The summed E-state index contributed by atoms with van der Waals surface area (Å²) in [6, 6.07) is 11.4. The number of nitrogens with one attached hydrogen (secondary N) is 1. The molecule has 5 heteroatoms. The van der Waals surface area contributed by atoms with Gasteiger partial charge in [0.15, 0.2) is 6.10 Å². The number of aromatic nitrogens is 2. The van der Waals surface area contributed by atoms with Gasteiger partial charge in [-0.2, -0.15) is 0 Å². The summed E-state index contributed by atoms with van der Waals surface area (Å²) in [6.07, 6.45) is -0.186. The van der Waals surface area contributed by atoms with Gasteiger partial charge in [-0.25, -0.2) is 4.98 Å². The minimum atomic E-state index is -0.186. The van der Waals surface area contributed by atoms with Crippen LogP contribution < -0.4 is 4.74 Å². The second kappa shape index (κ2) is 5.70. The molecule has 0 fully saturated rings. The zero-order chi connectivity index (χ0) is 15.0. The number of fused-ring (bicyclic) bond motifs is 1. The summed E-state index contributed by atoms with van der Waals surface area (Å²) >= 11 is 9.47. The van der Waals surface area contributed by atoms with Crippen molar-refractivity contribution < 1.29 is 4.74 Å². The summed E-state index contributed by atoms with van der Waals surface area (Å²) in [5.74, 6) is 1.53. The second-order valence-electron chi connectivity index (χ2n) is 4.96. The molecular formula is C16H14BrClN2O. The number of hydrogen-bond donors (Lipinski definition) is 1. The van der Waals surface area contributed by atoms with E-state index in [9.17, 15) is 0 Å². The molecule has 21 heavy (non-hydrogen) atoms. The Balaban J connectivity index is 1.91. The maximum atomic E-state index is 5.97. The van der Waals surface area contributed by atoms with Gasteiger partial charge in [0, 0.05) is 9.50 Å². The molecule has 1 atom stereocenters. The Morgan fingerprint density at radius 2 is 2.10 bits per heavy atom. The third-order valence-electron chi connectivity index (χ3n) is 3.25. The van der Waals surface area contributed by atoms with E-state index >= 15 is 0 Å². The Bertz CT molecular complexity index is 800. The highest BCUT2D eigenvalue weighted by Crippen LogP contribution is 2.27. The van der Waals surface area contributed by atoms with Gasteiger partial charge in [0.05, 0.1) is 11.0 Å². The van der Waals surface area contributed by atoms with Crippen molar-refractivity contribution >= 4 is 38.6 Å². The molecule has 2 aromatic carbocycles. The minimum absolute atomic E-state index is 0.186. The monoisotopic (exact) mass is 364 g/mol. The lowest BCUT2D eigenvalue weighted by Crippen LogP contribution is -2.04. The molecule has 0 aliphatic carbocycles. The number of rotatable bonds is 3. The number of aryl methyl sites for hydroxylation is 1. The summed E-state index contributed by atoms with van der Waals surface area (Å²) in [7, 11) is 0. The number of benzene rings is 2. The maximum Gasteiger partial charge on any atom is 0.153 e. The summed E-state index contributed by atoms with van der Waals surface area (Å²) in [5, 5.41) is 0.657. The Morgan fingerprint density at radius 3 is 2.86 bits per heavy atom. The largest absolute Gasteiger partial charge is 0.483 e. The predicted octanol–water partition coefficient (Wildman–Crippen LogP) is 5.43. The van der Waals surface area contributed by atoms with E-state index in [-0.39, 0.29) is 6.10 Å². The van der Waals surface area contributed by atoms with Crippen LogP contribution in [0.4, 0.5) is 0 Å². The zero-order valence-electron chi connectivity index (χ0n) is 11.7. The van der Waals surface area contributed by atoms with Gasteiger partial charge in [0.25, 0.3) is 0 Å². The third-order valence-corrected chi connectivity index (χ3v) is 3.95. The van der Waals surface area contributed by atoms with Gasteiger partial charge in [0.2, 0.25) is 0 Å². The van der Waals surface area contributed by atoms with Gasteiger partial charge in [0.1, 0.15) is 11.6 Å². The van der Waals surface area contributed by atoms with Crippen LogP contribution in [0, 0.1) is 6.92 Å². The predicted molar refractivity (Wildman–Crippen MR) is 89.0 cm³/mol. The van der Waals surface area contributed by atoms with E-state index in [1.807, 2.05) is 38.1 Å². The second-order valence-corrected chi connectivity index (χ2v) is 6.31. The smallest absolute Gasteiger partial charge is 0.153 e. The number of nitrogens with zero attached hydrogens (tertiary/aromatic N) is 1. The van der Waals surface area contributed by atoms with E-state index in [0.717, 1.165) is 32.6 Å². The molecule has 1 N–H and O–H groups in total. The lowest BCUT2D eigenvalue weighted by atomic mass is 10.2. The molecule has 1 heterocycles. The van der Waals surface area contributed by atoms with E-state index < -0.39 is 0 Å². The first kappa shape index (κ1) is 14.4. The first-order valence-electron chi connectivity index (χ1n) is 6.61. The van der Waals surface area contributed by atoms with Gasteiger partial charge in [-0.1, -0.05) is 33.6 Å². The van der Waals surface area contributed by atoms with Crippen LogP contribution in [0.3, 0.4) is 0 Å². The summed E-state index contributed by atoms with van der Waals surface area (Å²) in [6.45, 7) is 4.00. The Kier molecular flexibility index (Phi) is 3.91. The summed E-state index contributed by atoms with van der Waals surface area (Å²) in [5.41, 5.74) is 3.09. The molecular weight excluding hydrogens is 352 g/mol. The standard InChI is InChI=1S/C16H14BrClN2O/c1-9-6-11(17)7-14-15(9)20-16(19-14)10(2)21-13-5-3-4-12(18)8-13/h3-8,10H,1-2H3,(H,19,20). The maximum absolute atomic E-state index is 5.97. The van der Waals surface area contributed by atoms with Crippen molar-refractivity contribution in [3.8, 4) is 5.75 Å². The third kappa shape index (κ3) is 3.06. The van der Waals surface area contributed by atoms with Crippen LogP contribution in [0.2, 0.25) is 5.02 Å². The topological polar surface area (TPSA) is 37.9 Å². The Labute approximate surface area is 136 Å². The first-order chi connectivity index (χ1) is 10.0. The van der Waals surface area contributed by atoms with Crippen LogP contribution in [0.5, 0.6) is 5.75 Å². The number of aromatic amines is 1. The molecule has 0 bridgehead atoms. The Morgan fingerprint density at radius 1 is 1.29 bits per heavy atom. The van der Waals surface area contributed by atoms with Crippen molar-refractivity contribution in [1.29, 1.82) is 0 Å². The molecule has 3 nitrogen and oxygen atoms in total. The summed E-state index contributed by atoms with van der Waals surface area (Å²) < 4.78 is 6.92. The van der Waals surface area contributed by atoms with E-state index in [0.29, 0.717) is 5.02 Å². The van der Waals surface area contributed by atoms with Gasteiger partial charge in [-0.05, 0) is 49.7 Å². The van der Waals surface area contributed by atoms with E-state index in [2.05, 4.69) is 32.0 Å². The van der Waals surface area contributed by atoms with Crippen molar-refractivity contribution in [2.24, 2.45) is 0 Å². The molecule has 1 unspecified atom stereocenters. The molecule has 0 saturated heterocycles. The van der Waals surface area contributed by atoms with Crippen molar-refractivity contribution in [3.05, 3.63) is 57.3 Å². The highest BCUT2D eigenvalue weighted by molar-refractivity contribution is 9.10. The first-order valence-corrected chi connectivity index (χ1v) is 7.78. The number of halogens is 2. The average Bonchev–Trinajstić information content (AvgIpc) is 2.83. The van der Waals surface area contributed by atoms with Crippen molar-refractivity contribution in [1.82, 2.24) is 9.97 Å². The van der Waals surface area contributed by atoms with E-state index in [1.54, 1.807) is 6.07 Å². The lowest BCUT2D eigenvalue weighted by molar-refractivity contribution is 0.218. The normalized spacial score (nSPS) is 12.6. The molecule has 3 rings (SSSR count). The number of hydrogen-bond acceptors (Lipinski definition) is 2. The molecule has 0 aliphatic rings. The Hall–Kier alpha value is -1.52. The van der Waals surface area contributed by atoms with E-state index in [4.69, 9.17) is 16.3 Å². The lowest BCUT2D eigenvalue weighted by Gasteiger charge is -2.12. The minimum Gasteiger partial charge on any atom is -0.483 e. The number of imidazole rings is 1. The molecule has 1 aromatic heterocycles. The molecule has 0 saturated carbocycles. The molecule has 3 aromatic rings. The number of ether oxygens (including phenoxy) is 1. The molecule has 0 spiro atoms. The van der Waals surface area contributed by atoms with Crippen LogP contribution in [0.25, 0.3) is 11.0 Å². The van der Waals surface area contributed by atoms with Crippen LogP contribution in [-0.4, -0.2) is 9.97 Å². The van der Waals surface area contributed by atoms with Crippen LogP contribution in [0.15, 0.2) is 40.9 Å². The fourth-order valence-electron chi connectivity index (χ4n) is 2.26. The molecule has 0 radical (unpaired) electrons. The number of H-pyrrole nitrogens is 1. The highest BCUT2D eigenvalue weighted by Gasteiger charge is 2.14. The van der Waals surface area contributed by atoms with Gasteiger partial charge < -0.3 is 9.72 Å². The summed E-state index contributed by atoms with van der Waals surface area (Å²) in [4.78, 5) is 7.95. The quantitative estimate of drug-likeness (QED) is 0.672. The fourth-order valence-corrected chi connectivity index (χ4v) is 3.01. The van der Waals surface area contributed by atoms with Crippen molar-refractivity contribution in [3.63, 3.8) is 0 Å². The molecule has 108 valence electrons. The van der Waals surface area contributed by atoms with Gasteiger partial charge >= 0.3 is 0 Å². The fraction of sp³-hybridized carbons (Fsp3) is 0.188. The van der Waals surface area contributed by atoms with Gasteiger partial charge in [-0.15, -0.1) is 0 Å². The molecule has 0 amide bonds. The highest BCUT2D eigenvalue weighted by atomic mass is 79.9. The van der Waals surface area contributed by atoms with Crippen LogP contribution in [-0.2, 0) is 0 Å². The molecule has 0 aliphatic heterocycles. The van der Waals surface area contributed by atoms with Crippen LogP contribution >= 0.6 is 27.5 Å². The zero-order valence-corrected chi connectivity index (χ0v) is 14.0. The van der Waals surface area contributed by atoms with Crippen molar-refractivity contribution in [2.75, 3.05) is 0 Å².